The van der Waals surface area contributed by atoms with Crippen molar-refractivity contribution >= 4 is 24.2 Å². The number of rotatable bonds is 4. The molecule has 112 valence electrons. The molecule has 0 radical (unpaired) electrons. The van der Waals surface area contributed by atoms with Gasteiger partial charge in [0.05, 0.1) is 6.07 Å². The van der Waals surface area contributed by atoms with Crippen LogP contribution in [0.15, 0.2) is 16.5 Å². The van der Waals surface area contributed by atoms with Gasteiger partial charge in [-0.3, -0.25) is 14.9 Å². The highest BCUT2D eigenvalue weighted by Gasteiger charge is 2.29. The first-order chi connectivity index (χ1) is 9.13. The summed E-state index contributed by atoms with van der Waals surface area (Å²) in [5, 5.41) is 10.6. The van der Waals surface area contributed by atoms with Crippen LogP contribution in [0.4, 0.5) is 5.88 Å². The number of hydrogen-bond donors (Lipinski definition) is 1. The predicted molar refractivity (Wildman–Crippen MR) is 75.0 cm³/mol. The fraction of sp³-hybridized carbons (Fsp3) is 0.583. The topological polar surface area (TPSA) is 103 Å². The molecule has 2 rings (SSSR count). The van der Waals surface area contributed by atoms with Gasteiger partial charge >= 0.3 is 5.88 Å². The third kappa shape index (κ3) is 3.49. The Bertz CT molecular complexity index is 475. The predicted octanol–water partition coefficient (Wildman–Crippen LogP) is 1.95. The number of nitrogens with zero attached hydrogens (tertiary/aromatic N) is 2. The highest BCUT2D eigenvalue weighted by atomic mass is 35.5. The molecule has 1 atom stereocenters. The standard InChI is InChI=1S/C12H17N3O4.ClH/c13-7-6-9-3-1-2-8-14(9)12(16)10-4-5-11(19-10)15(17)18;/h4-5,9H,1-3,6-8,13H2;1H. The third-order valence-electron chi connectivity index (χ3n) is 3.37. The molecule has 1 aliphatic heterocycles. The Labute approximate surface area is 122 Å². The smallest absolute Gasteiger partial charge is 0.395 e. The lowest BCUT2D eigenvalue weighted by molar-refractivity contribution is -0.402. The van der Waals surface area contributed by atoms with Crippen LogP contribution in [-0.2, 0) is 0 Å². The molecule has 1 fully saturated rings. The lowest BCUT2D eigenvalue weighted by Gasteiger charge is -2.35. The van der Waals surface area contributed by atoms with Crippen molar-refractivity contribution in [2.24, 2.45) is 5.73 Å². The Morgan fingerprint density at radius 2 is 2.25 bits per heavy atom. The maximum atomic E-state index is 12.3. The summed E-state index contributed by atoms with van der Waals surface area (Å²) in [5.74, 6) is -0.669. The second-order valence-corrected chi connectivity index (χ2v) is 4.62. The van der Waals surface area contributed by atoms with Crippen molar-refractivity contribution in [3.05, 3.63) is 28.0 Å². The van der Waals surface area contributed by atoms with E-state index in [4.69, 9.17) is 10.2 Å². The van der Waals surface area contributed by atoms with Crippen LogP contribution in [0.3, 0.4) is 0 Å². The van der Waals surface area contributed by atoms with Crippen molar-refractivity contribution in [1.82, 2.24) is 4.90 Å². The number of nitrogens with two attached hydrogens (primary N) is 1. The number of hydrogen-bond acceptors (Lipinski definition) is 5. The molecule has 2 heterocycles. The van der Waals surface area contributed by atoms with Gasteiger partial charge in [-0.2, -0.15) is 0 Å². The number of likely N-dealkylation sites (tertiary alicyclic amines) is 1. The van der Waals surface area contributed by atoms with Gasteiger partial charge in [0.1, 0.15) is 4.92 Å². The monoisotopic (exact) mass is 303 g/mol. The summed E-state index contributed by atoms with van der Waals surface area (Å²) in [4.78, 5) is 23.9. The third-order valence-corrected chi connectivity index (χ3v) is 3.37. The highest BCUT2D eigenvalue weighted by Crippen LogP contribution is 2.24. The van der Waals surface area contributed by atoms with Crippen molar-refractivity contribution in [2.75, 3.05) is 13.1 Å². The molecule has 0 aromatic carbocycles. The van der Waals surface area contributed by atoms with Gasteiger partial charge in [0.25, 0.3) is 5.91 Å². The van der Waals surface area contributed by atoms with Crippen LogP contribution in [0.25, 0.3) is 0 Å². The van der Waals surface area contributed by atoms with E-state index in [9.17, 15) is 14.9 Å². The van der Waals surface area contributed by atoms with Gasteiger partial charge in [0.2, 0.25) is 0 Å². The van der Waals surface area contributed by atoms with E-state index in [1.54, 1.807) is 4.90 Å². The number of nitro groups is 1. The van der Waals surface area contributed by atoms with Crippen LogP contribution in [0.5, 0.6) is 0 Å². The molecule has 0 aliphatic carbocycles. The molecule has 8 heteroatoms. The summed E-state index contributed by atoms with van der Waals surface area (Å²) in [6, 6.07) is 2.67. The lowest BCUT2D eigenvalue weighted by atomic mass is 9.99. The fourth-order valence-electron chi connectivity index (χ4n) is 2.44. The van der Waals surface area contributed by atoms with Crippen LogP contribution in [0.2, 0.25) is 0 Å². The van der Waals surface area contributed by atoms with E-state index in [1.807, 2.05) is 0 Å². The molecule has 1 aliphatic rings. The summed E-state index contributed by atoms with van der Waals surface area (Å²) in [5.41, 5.74) is 5.55. The van der Waals surface area contributed by atoms with Crippen molar-refractivity contribution in [1.29, 1.82) is 0 Å². The van der Waals surface area contributed by atoms with E-state index < -0.39 is 10.8 Å². The van der Waals surface area contributed by atoms with Crippen LogP contribution in [0.1, 0.15) is 36.2 Å². The molecular weight excluding hydrogens is 286 g/mol. The summed E-state index contributed by atoms with van der Waals surface area (Å²) in [6.07, 6.45) is 3.68. The Morgan fingerprint density at radius 3 is 2.85 bits per heavy atom. The summed E-state index contributed by atoms with van der Waals surface area (Å²) in [6.45, 7) is 1.17. The normalized spacial score (nSPS) is 18.4. The van der Waals surface area contributed by atoms with Crippen molar-refractivity contribution < 1.29 is 14.1 Å². The largest absolute Gasteiger partial charge is 0.433 e. The van der Waals surface area contributed by atoms with Crippen LogP contribution in [-0.4, -0.2) is 34.9 Å². The van der Waals surface area contributed by atoms with Crippen LogP contribution in [0, 0.1) is 10.1 Å². The number of amides is 1. The van der Waals surface area contributed by atoms with Gasteiger partial charge in [-0.05, 0) is 38.3 Å². The summed E-state index contributed by atoms with van der Waals surface area (Å²) < 4.78 is 4.97. The molecular formula is C12H18ClN3O4. The van der Waals surface area contributed by atoms with E-state index >= 15 is 0 Å². The maximum Gasteiger partial charge on any atom is 0.433 e. The van der Waals surface area contributed by atoms with Gasteiger partial charge in [0, 0.05) is 12.6 Å². The van der Waals surface area contributed by atoms with Gasteiger partial charge in [-0.25, -0.2) is 0 Å². The molecule has 1 amide bonds. The SMILES string of the molecule is Cl.NCCC1CCCCN1C(=O)c1ccc([N+](=O)[O-])o1. The number of halogens is 1. The van der Waals surface area contributed by atoms with E-state index in [2.05, 4.69) is 0 Å². The van der Waals surface area contributed by atoms with Crippen molar-refractivity contribution in [2.45, 2.75) is 31.7 Å². The fourth-order valence-corrected chi connectivity index (χ4v) is 2.44. The number of piperidine rings is 1. The van der Waals surface area contributed by atoms with Gasteiger partial charge < -0.3 is 15.1 Å². The van der Waals surface area contributed by atoms with Crippen LogP contribution < -0.4 is 5.73 Å². The molecule has 0 bridgehead atoms. The molecule has 7 nitrogen and oxygen atoms in total. The van der Waals surface area contributed by atoms with E-state index in [-0.39, 0.29) is 30.1 Å². The quantitative estimate of drug-likeness (QED) is 0.676. The average molecular weight is 304 g/mol. The Kier molecular flexibility index (Phi) is 5.97. The van der Waals surface area contributed by atoms with E-state index in [1.165, 1.54) is 12.1 Å². The number of carbonyl (C=O) groups is 1. The number of furan rings is 1. The Morgan fingerprint density at radius 1 is 1.50 bits per heavy atom. The highest BCUT2D eigenvalue weighted by molar-refractivity contribution is 5.92. The Hall–Kier alpha value is -1.60. The zero-order valence-corrected chi connectivity index (χ0v) is 11.8. The second-order valence-electron chi connectivity index (χ2n) is 4.62. The van der Waals surface area contributed by atoms with E-state index in [0.29, 0.717) is 13.1 Å². The minimum absolute atomic E-state index is 0. The second kappa shape index (κ2) is 7.25. The molecule has 20 heavy (non-hydrogen) atoms. The molecule has 1 aromatic rings. The molecule has 1 unspecified atom stereocenters. The summed E-state index contributed by atoms with van der Waals surface area (Å²) in [7, 11) is 0. The van der Waals surface area contributed by atoms with Crippen molar-refractivity contribution in [3.8, 4) is 0 Å². The minimum atomic E-state index is -0.648. The molecule has 0 saturated carbocycles. The first-order valence-electron chi connectivity index (χ1n) is 6.38. The first-order valence-corrected chi connectivity index (χ1v) is 6.38. The summed E-state index contributed by atoms with van der Waals surface area (Å²) >= 11 is 0. The molecule has 1 saturated heterocycles. The maximum absolute atomic E-state index is 12.3. The molecule has 1 aromatic heterocycles. The van der Waals surface area contributed by atoms with Crippen molar-refractivity contribution in [3.63, 3.8) is 0 Å². The van der Waals surface area contributed by atoms with Crippen LogP contribution >= 0.6 is 12.4 Å². The van der Waals surface area contributed by atoms with Gasteiger partial charge in [0.15, 0.2) is 5.76 Å². The minimum Gasteiger partial charge on any atom is -0.395 e. The zero-order valence-electron chi connectivity index (χ0n) is 11.0. The molecule has 0 spiro atoms. The molecule has 2 N–H and O–H groups in total. The first kappa shape index (κ1) is 16.5. The van der Waals surface area contributed by atoms with Gasteiger partial charge in [-0.15, -0.1) is 12.4 Å². The zero-order chi connectivity index (χ0) is 13.8. The van der Waals surface area contributed by atoms with E-state index in [0.717, 1.165) is 25.7 Å². The lowest BCUT2D eigenvalue weighted by Crippen LogP contribution is -2.44. The Balaban J connectivity index is 0.00000200. The van der Waals surface area contributed by atoms with Gasteiger partial charge in [-0.1, -0.05) is 0 Å². The average Bonchev–Trinajstić information content (AvgIpc) is 2.89. The number of carbonyl (C=O) groups excluding carboxylic acids is 1.